The zero-order valence-electron chi connectivity index (χ0n) is 12.1. The van der Waals surface area contributed by atoms with E-state index in [-0.39, 0.29) is 24.9 Å². The normalized spacial score (nSPS) is 13.3. The molecule has 118 valence electrons. The van der Waals surface area contributed by atoms with Crippen molar-refractivity contribution in [2.45, 2.75) is 12.8 Å². The minimum Gasteiger partial charge on any atom is -0.495 e. The lowest BCUT2D eigenvalue weighted by Gasteiger charge is -2.13. The predicted octanol–water partition coefficient (Wildman–Crippen LogP) is 2.72. The highest BCUT2D eigenvalue weighted by Crippen LogP contribution is 2.35. The Kier molecular flexibility index (Phi) is 7.08. The van der Waals surface area contributed by atoms with Crippen LogP contribution in [0.25, 0.3) is 0 Å². The van der Waals surface area contributed by atoms with Crippen LogP contribution in [0.5, 0.6) is 11.5 Å². The van der Waals surface area contributed by atoms with Crippen molar-refractivity contribution in [3.63, 3.8) is 0 Å². The molecular weight excluding hydrogens is 315 g/mol. The van der Waals surface area contributed by atoms with Crippen LogP contribution in [0.2, 0.25) is 5.02 Å². The molecule has 0 spiro atoms. The topological polar surface area (TPSA) is 59.6 Å². The summed E-state index contributed by atoms with van der Waals surface area (Å²) in [6, 6.07) is 3.27. The molecule has 0 unspecified atom stereocenters. The summed E-state index contributed by atoms with van der Waals surface area (Å²) in [7, 11) is 3.06. The molecule has 1 amide bonds. The van der Waals surface area contributed by atoms with Gasteiger partial charge in [-0.3, -0.25) is 4.79 Å². The Morgan fingerprint density at radius 3 is 2.52 bits per heavy atom. The zero-order valence-corrected chi connectivity index (χ0v) is 13.6. The van der Waals surface area contributed by atoms with Gasteiger partial charge in [-0.2, -0.15) is 0 Å². The summed E-state index contributed by atoms with van der Waals surface area (Å²) >= 11 is 6.05. The minimum absolute atomic E-state index is 0. The summed E-state index contributed by atoms with van der Waals surface area (Å²) in [6.07, 6.45) is 2.52. The number of carbonyl (C=O) groups excluding carboxylic acids is 1. The summed E-state index contributed by atoms with van der Waals surface area (Å²) in [5.74, 6) is 1.65. The zero-order chi connectivity index (χ0) is 14.5. The molecule has 0 aromatic heterocycles. The van der Waals surface area contributed by atoms with Gasteiger partial charge in [-0.05, 0) is 31.4 Å². The molecule has 1 fully saturated rings. The van der Waals surface area contributed by atoms with Gasteiger partial charge < -0.3 is 20.1 Å². The first-order chi connectivity index (χ1) is 9.63. The second kappa shape index (κ2) is 8.32. The standard InChI is InChI=1S/C14H19ClN2O3.ClH/c1-19-12-6-13(20-2)11(5-10(12)15)17-14(18)8-16-7-9-3-4-9;/h5-6,9,16H,3-4,7-8H2,1-2H3,(H,17,18);1H. The molecule has 2 N–H and O–H groups in total. The predicted molar refractivity (Wildman–Crippen MR) is 86.0 cm³/mol. The minimum atomic E-state index is -0.120. The number of rotatable bonds is 7. The van der Waals surface area contributed by atoms with Gasteiger partial charge in [0.05, 0.1) is 31.5 Å². The van der Waals surface area contributed by atoms with Crippen LogP contribution < -0.4 is 20.1 Å². The number of amides is 1. The number of carbonyl (C=O) groups is 1. The Hall–Kier alpha value is -1.17. The van der Waals surface area contributed by atoms with E-state index in [9.17, 15) is 4.79 Å². The van der Waals surface area contributed by atoms with Crippen LogP contribution in [0.1, 0.15) is 12.8 Å². The van der Waals surface area contributed by atoms with E-state index >= 15 is 0 Å². The van der Waals surface area contributed by atoms with Gasteiger partial charge in [0, 0.05) is 6.07 Å². The van der Waals surface area contributed by atoms with Crippen molar-refractivity contribution in [3.8, 4) is 11.5 Å². The van der Waals surface area contributed by atoms with Gasteiger partial charge in [0.15, 0.2) is 0 Å². The third kappa shape index (κ3) is 5.26. The van der Waals surface area contributed by atoms with Crippen molar-refractivity contribution in [2.24, 2.45) is 5.92 Å². The number of ether oxygens (including phenoxy) is 2. The number of halogens is 2. The third-order valence-electron chi connectivity index (χ3n) is 3.16. The Morgan fingerprint density at radius 2 is 1.95 bits per heavy atom. The Bertz CT molecular complexity index is 493. The molecule has 1 aliphatic carbocycles. The summed E-state index contributed by atoms with van der Waals surface area (Å²) in [5, 5.41) is 6.34. The van der Waals surface area contributed by atoms with Crippen LogP contribution >= 0.6 is 24.0 Å². The van der Waals surface area contributed by atoms with Crippen LogP contribution in [0.15, 0.2) is 12.1 Å². The number of methoxy groups -OCH3 is 2. The maximum atomic E-state index is 11.8. The van der Waals surface area contributed by atoms with E-state index in [2.05, 4.69) is 10.6 Å². The second-order valence-electron chi connectivity index (χ2n) is 4.81. The van der Waals surface area contributed by atoms with E-state index in [1.54, 1.807) is 12.1 Å². The summed E-state index contributed by atoms with van der Waals surface area (Å²) in [5.41, 5.74) is 0.538. The van der Waals surface area contributed by atoms with E-state index < -0.39 is 0 Å². The molecule has 0 heterocycles. The van der Waals surface area contributed by atoms with Crippen LogP contribution in [-0.2, 0) is 4.79 Å². The van der Waals surface area contributed by atoms with Crippen molar-refractivity contribution in [3.05, 3.63) is 17.2 Å². The van der Waals surface area contributed by atoms with E-state index in [1.165, 1.54) is 27.1 Å². The lowest BCUT2D eigenvalue weighted by molar-refractivity contribution is -0.115. The fourth-order valence-electron chi connectivity index (χ4n) is 1.86. The van der Waals surface area contributed by atoms with Gasteiger partial charge in [0.2, 0.25) is 5.91 Å². The highest BCUT2D eigenvalue weighted by atomic mass is 35.5. The lowest BCUT2D eigenvalue weighted by Crippen LogP contribution is -2.29. The number of hydrogen-bond donors (Lipinski definition) is 2. The molecule has 1 aromatic rings. The van der Waals surface area contributed by atoms with Gasteiger partial charge in [0.1, 0.15) is 11.5 Å². The van der Waals surface area contributed by atoms with Crippen LogP contribution in [0.3, 0.4) is 0 Å². The Labute approximate surface area is 135 Å². The van der Waals surface area contributed by atoms with Gasteiger partial charge in [-0.1, -0.05) is 11.6 Å². The number of nitrogens with one attached hydrogen (secondary N) is 2. The quantitative estimate of drug-likeness (QED) is 0.804. The maximum Gasteiger partial charge on any atom is 0.238 e. The third-order valence-corrected chi connectivity index (χ3v) is 3.46. The van der Waals surface area contributed by atoms with Gasteiger partial charge in [0.25, 0.3) is 0 Å². The van der Waals surface area contributed by atoms with Gasteiger partial charge in [-0.15, -0.1) is 12.4 Å². The average Bonchev–Trinajstić information content (AvgIpc) is 3.23. The highest BCUT2D eigenvalue weighted by Gasteiger charge is 2.20. The van der Waals surface area contributed by atoms with Crippen LogP contribution in [0.4, 0.5) is 5.69 Å². The van der Waals surface area contributed by atoms with Crippen LogP contribution in [0, 0.1) is 5.92 Å². The van der Waals surface area contributed by atoms with E-state index in [4.69, 9.17) is 21.1 Å². The van der Waals surface area contributed by atoms with E-state index in [0.717, 1.165) is 12.5 Å². The average molecular weight is 335 g/mol. The first-order valence-electron chi connectivity index (χ1n) is 6.56. The molecule has 0 saturated heterocycles. The summed E-state index contributed by atoms with van der Waals surface area (Å²) in [4.78, 5) is 11.8. The Morgan fingerprint density at radius 1 is 1.29 bits per heavy atom. The molecule has 5 nitrogen and oxygen atoms in total. The fourth-order valence-corrected chi connectivity index (χ4v) is 2.10. The maximum absolute atomic E-state index is 11.8. The molecule has 2 rings (SSSR count). The number of benzene rings is 1. The van der Waals surface area contributed by atoms with Gasteiger partial charge in [-0.25, -0.2) is 0 Å². The van der Waals surface area contributed by atoms with Crippen molar-refractivity contribution in [1.82, 2.24) is 5.32 Å². The monoisotopic (exact) mass is 334 g/mol. The second-order valence-corrected chi connectivity index (χ2v) is 5.22. The largest absolute Gasteiger partial charge is 0.495 e. The van der Waals surface area contributed by atoms with Crippen molar-refractivity contribution in [1.29, 1.82) is 0 Å². The van der Waals surface area contributed by atoms with Crippen molar-refractivity contribution < 1.29 is 14.3 Å². The summed E-state index contributed by atoms with van der Waals surface area (Å²) in [6.45, 7) is 1.18. The SMILES string of the molecule is COc1cc(OC)c(NC(=O)CNCC2CC2)cc1Cl.Cl. The smallest absolute Gasteiger partial charge is 0.238 e. The number of anilines is 1. The van der Waals surface area contributed by atoms with Crippen LogP contribution in [-0.4, -0.2) is 33.2 Å². The van der Waals surface area contributed by atoms with Crippen molar-refractivity contribution >= 4 is 35.6 Å². The van der Waals surface area contributed by atoms with Crippen molar-refractivity contribution in [2.75, 3.05) is 32.6 Å². The molecule has 1 aliphatic rings. The first kappa shape index (κ1) is 17.9. The molecular formula is C14H20Cl2N2O3. The molecule has 0 radical (unpaired) electrons. The molecule has 0 atom stereocenters. The molecule has 7 heteroatoms. The van der Waals surface area contributed by atoms with Gasteiger partial charge >= 0.3 is 0 Å². The fraction of sp³-hybridized carbons (Fsp3) is 0.500. The van der Waals surface area contributed by atoms with E-state index in [1.807, 2.05) is 0 Å². The lowest BCUT2D eigenvalue weighted by atomic mass is 10.2. The van der Waals surface area contributed by atoms with E-state index in [0.29, 0.717) is 22.2 Å². The number of hydrogen-bond acceptors (Lipinski definition) is 4. The Balaban J connectivity index is 0.00000220. The molecule has 0 bridgehead atoms. The molecule has 1 aromatic carbocycles. The first-order valence-corrected chi connectivity index (χ1v) is 6.94. The highest BCUT2D eigenvalue weighted by molar-refractivity contribution is 6.32. The molecule has 1 saturated carbocycles. The molecule has 21 heavy (non-hydrogen) atoms. The summed E-state index contributed by atoms with van der Waals surface area (Å²) < 4.78 is 10.3. The molecule has 0 aliphatic heterocycles.